The fraction of sp³-hybridized carbons (Fsp3) is 0.800. The second-order valence-corrected chi connectivity index (χ2v) is 5.11. The van der Waals surface area contributed by atoms with E-state index in [-0.39, 0.29) is 17.2 Å². The molecule has 6 N–H and O–H groups in total. The molecule has 0 aliphatic heterocycles. The van der Waals surface area contributed by atoms with Crippen molar-refractivity contribution in [3.8, 4) is 0 Å². The van der Waals surface area contributed by atoms with Crippen LogP contribution in [0, 0.1) is 5.41 Å². The van der Waals surface area contributed by atoms with Gasteiger partial charge < -0.3 is 22.0 Å². The fourth-order valence-corrected chi connectivity index (χ4v) is 1.51. The lowest BCUT2D eigenvalue weighted by Crippen LogP contribution is -2.52. The fourth-order valence-electron chi connectivity index (χ4n) is 1.51. The van der Waals surface area contributed by atoms with Crippen LogP contribution in [0.3, 0.4) is 0 Å². The van der Waals surface area contributed by atoms with E-state index in [0.29, 0.717) is 13.0 Å². The third-order valence-electron chi connectivity index (χ3n) is 3.16. The van der Waals surface area contributed by atoms with Crippen LogP contribution in [0.25, 0.3) is 0 Å². The first-order valence-electron chi connectivity index (χ1n) is 5.33. The molecule has 0 radical (unpaired) electrons. The van der Waals surface area contributed by atoms with Gasteiger partial charge in [-0.2, -0.15) is 0 Å². The topological polar surface area (TPSA) is 114 Å². The van der Waals surface area contributed by atoms with E-state index in [1.54, 1.807) is 13.8 Å². The van der Waals surface area contributed by atoms with Crippen LogP contribution in [0.5, 0.6) is 0 Å². The van der Waals surface area contributed by atoms with Gasteiger partial charge in [0.1, 0.15) is 5.84 Å². The molecular formula is C10H20N4O2. The zero-order valence-electron chi connectivity index (χ0n) is 9.79. The lowest BCUT2D eigenvalue weighted by molar-refractivity contribution is -0.123. The molecule has 0 bridgehead atoms. The summed E-state index contributed by atoms with van der Waals surface area (Å²) in [6, 6.07) is 0. The van der Waals surface area contributed by atoms with Gasteiger partial charge in [0.2, 0.25) is 5.91 Å². The van der Waals surface area contributed by atoms with Crippen LogP contribution < -0.4 is 16.8 Å². The predicted octanol–water partition coefficient (Wildman–Crippen LogP) is -0.243. The highest BCUT2D eigenvalue weighted by Crippen LogP contribution is 2.48. The molecule has 1 rings (SSSR count). The van der Waals surface area contributed by atoms with Crippen LogP contribution in [0.4, 0.5) is 0 Å². The van der Waals surface area contributed by atoms with Crippen molar-refractivity contribution in [2.75, 3.05) is 6.54 Å². The summed E-state index contributed by atoms with van der Waals surface area (Å²) in [6.45, 7) is 4.14. The zero-order chi connectivity index (χ0) is 12.4. The molecule has 1 aliphatic rings. The maximum atomic E-state index is 11.1. The molecule has 16 heavy (non-hydrogen) atoms. The van der Waals surface area contributed by atoms with E-state index >= 15 is 0 Å². The number of nitrogens with two attached hydrogens (primary N) is 2. The Morgan fingerprint density at radius 2 is 2.06 bits per heavy atom. The summed E-state index contributed by atoms with van der Waals surface area (Å²) in [5, 5.41) is 14.6. The summed E-state index contributed by atoms with van der Waals surface area (Å²) in [7, 11) is 0. The number of hydrogen-bond donors (Lipinski definition) is 4. The normalized spacial score (nSPS) is 19.5. The van der Waals surface area contributed by atoms with Crippen molar-refractivity contribution in [3.63, 3.8) is 0 Å². The quantitative estimate of drug-likeness (QED) is 0.217. The number of hydrogen-bond acceptors (Lipinski definition) is 4. The largest absolute Gasteiger partial charge is 0.409 e. The maximum Gasteiger partial charge on any atom is 0.237 e. The van der Waals surface area contributed by atoms with E-state index in [1.165, 1.54) is 0 Å². The highest BCUT2D eigenvalue weighted by atomic mass is 16.4. The molecule has 0 aromatic carbocycles. The summed E-state index contributed by atoms with van der Waals surface area (Å²) >= 11 is 0. The van der Waals surface area contributed by atoms with Crippen molar-refractivity contribution in [2.45, 2.75) is 38.6 Å². The minimum atomic E-state index is -0.722. The molecule has 6 nitrogen and oxygen atoms in total. The van der Waals surface area contributed by atoms with Gasteiger partial charge in [-0.15, -0.1) is 0 Å². The first kappa shape index (κ1) is 12.8. The second kappa shape index (κ2) is 4.29. The van der Waals surface area contributed by atoms with E-state index in [4.69, 9.17) is 16.7 Å². The van der Waals surface area contributed by atoms with Crippen molar-refractivity contribution in [3.05, 3.63) is 0 Å². The van der Waals surface area contributed by atoms with E-state index < -0.39 is 5.54 Å². The molecule has 1 amide bonds. The van der Waals surface area contributed by atoms with Gasteiger partial charge in [0.25, 0.3) is 0 Å². The zero-order valence-corrected chi connectivity index (χ0v) is 9.79. The minimum absolute atomic E-state index is 0.0308. The number of carbonyl (C=O) groups excluding carboxylic acids is 1. The number of nitrogens with zero attached hydrogens (tertiary/aromatic N) is 1. The molecule has 0 unspecified atom stereocenters. The van der Waals surface area contributed by atoms with Gasteiger partial charge in [0.15, 0.2) is 0 Å². The van der Waals surface area contributed by atoms with E-state index in [0.717, 1.165) is 12.8 Å². The number of nitrogens with one attached hydrogen (secondary N) is 1. The summed E-state index contributed by atoms with van der Waals surface area (Å²) in [4.78, 5) is 11.1. The Hall–Kier alpha value is -1.30. The molecule has 0 aromatic heterocycles. The smallest absolute Gasteiger partial charge is 0.237 e. The molecule has 92 valence electrons. The van der Waals surface area contributed by atoms with Gasteiger partial charge >= 0.3 is 0 Å². The van der Waals surface area contributed by atoms with Crippen LogP contribution in [0.1, 0.15) is 33.1 Å². The molecule has 0 atom stereocenters. The van der Waals surface area contributed by atoms with E-state index in [2.05, 4.69) is 10.5 Å². The third kappa shape index (κ3) is 3.10. The molecule has 6 heteroatoms. The van der Waals surface area contributed by atoms with Crippen LogP contribution in [0.15, 0.2) is 5.16 Å². The molecule has 0 spiro atoms. The maximum absolute atomic E-state index is 11.1. The van der Waals surface area contributed by atoms with Gasteiger partial charge in [0.05, 0.1) is 5.54 Å². The summed E-state index contributed by atoms with van der Waals surface area (Å²) in [6.07, 6.45) is 2.58. The molecule has 1 aliphatic carbocycles. The molecular weight excluding hydrogens is 208 g/mol. The van der Waals surface area contributed by atoms with Crippen molar-refractivity contribution in [2.24, 2.45) is 22.0 Å². The second-order valence-electron chi connectivity index (χ2n) is 5.11. The number of oxime groups is 1. The third-order valence-corrected chi connectivity index (χ3v) is 3.16. The average Bonchev–Trinajstić information content (AvgIpc) is 2.95. The minimum Gasteiger partial charge on any atom is -0.409 e. The lowest BCUT2D eigenvalue weighted by atomic mass is 9.98. The average molecular weight is 228 g/mol. The number of rotatable bonds is 6. The Kier molecular flexibility index (Phi) is 3.42. The molecule has 0 aromatic rings. The number of amidine groups is 1. The Morgan fingerprint density at radius 1 is 1.50 bits per heavy atom. The van der Waals surface area contributed by atoms with Gasteiger partial charge in [-0.25, -0.2) is 0 Å². The van der Waals surface area contributed by atoms with Gasteiger partial charge in [-0.1, -0.05) is 5.16 Å². The van der Waals surface area contributed by atoms with Crippen molar-refractivity contribution in [1.29, 1.82) is 0 Å². The van der Waals surface area contributed by atoms with Gasteiger partial charge in [-0.05, 0) is 32.1 Å². The Balaban J connectivity index is 2.46. The number of primary amides is 1. The highest BCUT2D eigenvalue weighted by Gasteiger charge is 2.44. The van der Waals surface area contributed by atoms with Crippen LogP contribution in [-0.2, 0) is 4.79 Å². The van der Waals surface area contributed by atoms with Crippen LogP contribution in [-0.4, -0.2) is 29.0 Å². The number of carbonyl (C=O) groups is 1. The van der Waals surface area contributed by atoms with Crippen molar-refractivity contribution < 1.29 is 10.0 Å². The summed E-state index contributed by atoms with van der Waals surface area (Å²) in [5.74, 6) is -0.150. The Morgan fingerprint density at radius 3 is 2.44 bits per heavy atom. The standard InChI is InChI=1S/C10H20N4O2/c1-9(2,8(12)15)13-6-10(3-4-10)5-7(11)14-16/h13,16H,3-6H2,1-2H3,(H2,11,14)(H2,12,15). The monoisotopic (exact) mass is 228 g/mol. The molecule has 0 heterocycles. The molecule has 1 saturated carbocycles. The van der Waals surface area contributed by atoms with Crippen molar-refractivity contribution in [1.82, 2.24) is 5.32 Å². The number of amides is 1. The van der Waals surface area contributed by atoms with Crippen LogP contribution in [0.2, 0.25) is 0 Å². The Labute approximate surface area is 95.1 Å². The summed E-state index contributed by atoms with van der Waals surface area (Å²) < 4.78 is 0. The predicted molar refractivity (Wildman–Crippen MR) is 61.0 cm³/mol. The van der Waals surface area contributed by atoms with E-state index in [9.17, 15) is 4.79 Å². The van der Waals surface area contributed by atoms with E-state index in [1.807, 2.05) is 0 Å². The van der Waals surface area contributed by atoms with Crippen molar-refractivity contribution >= 4 is 11.7 Å². The van der Waals surface area contributed by atoms with Crippen LogP contribution >= 0.6 is 0 Å². The SMILES string of the molecule is CC(C)(NCC1(CC(N)=NO)CC1)C(N)=O. The molecule has 0 saturated heterocycles. The molecule has 1 fully saturated rings. The lowest BCUT2D eigenvalue weighted by Gasteiger charge is -2.25. The van der Waals surface area contributed by atoms with Gasteiger partial charge in [-0.3, -0.25) is 4.79 Å². The first-order valence-corrected chi connectivity index (χ1v) is 5.33. The summed E-state index contributed by atoms with van der Waals surface area (Å²) in [5.41, 5.74) is 10.0. The first-order chi connectivity index (χ1) is 7.31. The Bertz CT molecular complexity index is 308. The highest BCUT2D eigenvalue weighted by molar-refractivity contribution is 5.83. The van der Waals surface area contributed by atoms with Gasteiger partial charge in [0, 0.05) is 13.0 Å².